The molecule has 0 saturated heterocycles. The van der Waals surface area contributed by atoms with E-state index in [1.165, 1.54) is 0 Å². The lowest BCUT2D eigenvalue weighted by molar-refractivity contribution is 0.476. The van der Waals surface area contributed by atoms with Gasteiger partial charge in [-0.3, -0.25) is 0 Å². The maximum atomic E-state index is 13.5. The first-order valence-corrected chi connectivity index (χ1v) is 12.0. The van der Waals surface area contributed by atoms with Crippen LogP contribution in [0.25, 0.3) is 11.0 Å². The monoisotopic (exact) mass is 396 g/mol. The molecule has 4 rings (SSSR count). The molecule has 2 aromatic carbocycles. The van der Waals surface area contributed by atoms with Gasteiger partial charge in [-0.2, -0.15) is 0 Å². The number of aryl methyl sites for hydroxylation is 2. The van der Waals surface area contributed by atoms with Crippen LogP contribution >= 0.6 is 7.14 Å². The lowest BCUT2D eigenvalue weighted by atomic mass is 9.98. The van der Waals surface area contributed by atoms with Crippen molar-refractivity contribution in [1.82, 2.24) is 0 Å². The lowest BCUT2D eigenvalue weighted by Crippen LogP contribution is -2.22. The first kappa shape index (κ1) is 19.0. The van der Waals surface area contributed by atoms with E-state index in [0.29, 0.717) is 29.1 Å². The summed E-state index contributed by atoms with van der Waals surface area (Å²) >= 11 is 0. The summed E-state index contributed by atoms with van der Waals surface area (Å²) in [4.78, 5) is 12.7. The van der Waals surface area contributed by atoms with Crippen LogP contribution in [0.5, 0.6) is 5.75 Å². The van der Waals surface area contributed by atoms with Crippen molar-refractivity contribution in [2.24, 2.45) is 0 Å². The van der Waals surface area contributed by atoms with Crippen molar-refractivity contribution in [3.05, 3.63) is 69.6 Å². The van der Waals surface area contributed by atoms with Crippen LogP contribution in [0.15, 0.2) is 51.7 Å². The van der Waals surface area contributed by atoms with E-state index in [1.54, 1.807) is 6.07 Å². The van der Waals surface area contributed by atoms with Gasteiger partial charge in [-0.05, 0) is 42.5 Å². The van der Waals surface area contributed by atoms with Crippen LogP contribution in [-0.2, 0) is 23.6 Å². The summed E-state index contributed by atoms with van der Waals surface area (Å²) < 4.78 is 19.1. The summed E-state index contributed by atoms with van der Waals surface area (Å²) in [6.45, 7) is 2.15. The summed E-state index contributed by atoms with van der Waals surface area (Å²) in [5.74, 6) is 0.153. The Bertz CT molecular complexity index is 1110. The smallest absolute Gasteiger partial charge is 0.340 e. The van der Waals surface area contributed by atoms with Crippen LogP contribution in [0.4, 0.5) is 0 Å². The van der Waals surface area contributed by atoms with E-state index in [0.717, 1.165) is 42.1 Å². The summed E-state index contributed by atoms with van der Waals surface area (Å²) in [5.41, 5.74) is 2.24. The van der Waals surface area contributed by atoms with Gasteiger partial charge in [0.2, 0.25) is 0 Å². The van der Waals surface area contributed by atoms with Crippen molar-refractivity contribution in [3.8, 4) is 5.75 Å². The minimum Gasteiger partial charge on any atom is -0.507 e. The largest absolute Gasteiger partial charge is 0.507 e. The molecule has 4 nitrogen and oxygen atoms in total. The molecule has 2 heterocycles. The third-order valence-electron chi connectivity index (χ3n) is 5.69. The molecule has 3 aromatic rings. The SMILES string of the molecule is CCCCCc1cc(O)c2c3c(c(=O)oc2c1)CP(=O)(c1ccccc1)CC3. The molecule has 5 heteroatoms. The Morgan fingerprint density at radius 1 is 1.11 bits per heavy atom. The predicted molar refractivity (Wildman–Crippen MR) is 113 cm³/mol. The number of hydrogen-bond donors (Lipinski definition) is 1. The molecule has 1 N–H and O–H groups in total. The molecule has 0 fully saturated rings. The number of benzene rings is 2. The van der Waals surface area contributed by atoms with E-state index in [1.807, 2.05) is 36.4 Å². The van der Waals surface area contributed by atoms with Gasteiger partial charge in [0.15, 0.2) is 0 Å². The zero-order chi connectivity index (χ0) is 19.7. The minimum atomic E-state index is -2.69. The maximum absolute atomic E-state index is 13.5. The van der Waals surface area contributed by atoms with Crippen LogP contribution in [0.1, 0.15) is 42.9 Å². The quantitative estimate of drug-likeness (QED) is 0.375. The molecule has 0 spiro atoms. The van der Waals surface area contributed by atoms with Gasteiger partial charge in [0.25, 0.3) is 0 Å². The Balaban J connectivity index is 1.77. The van der Waals surface area contributed by atoms with Crippen molar-refractivity contribution >= 4 is 23.4 Å². The molecule has 1 atom stereocenters. The Morgan fingerprint density at radius 3 is 2.64 bits per heavy atom. The van der Waals surface area contributed by atoms with Gasteiger partial charge in [-0.15, -0.1) is 0 Å². The summed E-state index contributed by atoms with van der Waals surface area (Å²) in [7, 11) is -2.69. The second-order valence-corrected chi connectivity index (χ2v) is 10.7. The van der Waals surface area contributed by atoms with Gasteiger partial charge in [0.1, 0.15) is 18.5 Å². The van der Waals surface area contributed by atoms with Crippen molar-refractivity contribution in [2.75, 3.05) is 6.16 Å². The molecule has 1 unspecified atom stereocenters. The van der Waals surface area contributed by atoms with Crippen molar-refractivity contribution in [3.63, 3.8) is 0 Å². The van der Waals surface area contributed by atoms with Crippen LogP contribution in [0, 0.1) is 0 Å². The first-order valence-electron chi connectivity index (χ1n) is 9.96. The second-order valence-electron chi connectivity index (χ2n) is 7.65. The van der Waals surface area contributed by atoms with Gasteiger partial charge in [0.05, 0.1) is 5.39 Å². The summed E-state index contributed by atoms with van der Waals surface area (Å²) in [5, 5.41) is 12.1. The highest BCUT2D eigenvalue weighted by Gasteiger charge is 2.34. The summed E-state index contributed by atoms with van der Waals surface area (Å²) in [6.07, 6.45) is 5.35. The van der Waals surface area contributed by atoms with Gasteiger partial charge in [-0.25, -0.2) is 4.79 Å². The topological polar surface area (TPSA) is 67.5 Å². The predicted octanol–water partition coefficient (Wildman–Crippen LogP) is 4.98. The third-order valence-corrected chi connectivity index (χ3v) is 8.70. The average Bonchev–Trinajstić information content (AvgIpc) is 2.69. The van der Waals surface area contributed by atoms with Gasteiger partial charge < -0.3 is 14.1 Å². The molecule has 1 aromatic heterocycles. The van der Waals surface area contributed by atoms with Crippen molar-refractivity contribution in [1.29, 1.82) is 0 Å². The molecule has 0 bridgehead atoms. The van der Waals surface area contributed by atoms with E-state index < -0.39 is 12.8 Å². The number of fused-ring (bicyclic) bond motifs is 3. The van der Waals surface area contributed by atoms with Crippen LogP contribution < -0.4 is 10.9 Å². The van der Waals surface area contributed by atoms with Crippen molar-refractivity contribution < 1.29 is 14.1 Å². The van der Waals surface area contributed by atoms with Crippen LogP contribution in [0.2, 0.25) is 0 Å². The zero-order valence-electron chi connectivity index (χ0n) is 16.1. The second kappa shape index (κ2) is 7.60. The lowest BCUT2D eigenvalue weighted by Gasteiger charge is -2.26. The number of rotatable bonds is 5. The number of unbranched alkanes of at least 4 members (excludes halogenated alkanes) is 2. The van der Waals surface area contributed by atoms with Crippen LogP contribution in [0.3, 0.4) is 0 Å². The number of aromatic hydroxyl groups is 1. The van der Waals surface area contributed by atoms with E-state index in [9.17, 15) is 14.5 Å². The molecule has 0 radical (unpaired) electrons. The molecular weight excluding hydrogens is 371 g/mol. The van der Waals surface area contributed by atoms with Gasteiger partial charge in [-0.1, -0.05) is 50.1 Å². The van der Waals surface area contributed by atoms with Gasteiger partial charge >= 0.3 is 5.63 Å². The number of phenols is 1. The fourth-order valence-electron chi connectivity index (χ4n) is 4.18. The molecule has 0 amide bonds. The first-order chi connectivity index (χ1) is 13.5. The van der Waals surface area contributed by atoms with E-state index in [4.69, 9.17) is 4.42 Å². The Kier molecular flexibility index (Phi) is 5.16. The molecular formula is C23H25O4P. The highest BCUT2D eigenvalue weighted by Crippen LogP contribution is 2.52. The zero-order valence-corrected chi connectivity index (χ0v) is 17.0. The van der Waals surface area contributed by atoms with Crippen molar-refractivity contribution in [2.45, 2.75) is 45.2 Å². The highest BCUT2D eigenvalue weighted by atomic mass is 31.2. The minimum absolute atomic E-state index is 0.153. The maximum Gasteiger partial charge on any atom is 0.340 e. The Morgan fingerprint density at radius 2 is 1.89 bits per heavy atom. The standard InChI is InChI=1S/C23H25O4P/c1-2-3-5-8-16-13-20(24)22-18-11-12-28(26,17-9-6-4-7-10-17)15-19(18)23(25)27-21(22)14-16/h4,6-7,9-10,13-14,24H,2-3,5,8,11-12,15H2,1H3. The number of hydrogen-bond acceptors (Lipinski definition) is 4. The normalized spacial score (nSPS) is 18.9. The number of phenolic OH excluding ortho intramolecular Hbond substituents is 1. The molecule has 1 aliphatic heterocycles. The fraction of sp³-hybridized carbons (Fsp3) is 0.348. The fourth-order valence-corrected chi connectivity index (χ4v) is 6.91. The molecule has 0 aliphatic carbocycles. The molecule has 1 aliphatic rings. The Labute approximate surface area is 164 Å². The molecule has 28 heavy (non-hydrogen) atoms. The van der Waals surface area contributed by atoms with E-state index in [2.05, 4.69) is 6.92 Å². The molecule has 146 valence electrons. The van der Waals surface area contributed by atoms with Crippen LogP contribution in [-0.4, -0.2) is 11.3 Å². The van der Waals surface area contributed by atoms with E-state index >= 15 is 0 Å². The molecule has 0 saturated carbocycles. The third kappa shape index (κ3) is 3.42. The summed E-state index contributed by atoms with van der Waals surface area (Å²) in [6, 6.07) is 13.0. The van der Waals surface area contributed by atoms with Gasteiger partial charge in [0, 0.05) is 23.2 Å². The Hall–Kier alpha value is -2.32. The van der Waals surface area contributed by atoms with E-state index in [-0.39, 0.29) is 11.9 Å². The average molecular weight is 396 g/mol. The highest BCUT2D eigenvalue weighted by molar-refractivity contribution is 7.70.